The van der Waals surface area contributed by atoms with Gasteiger partial charge in [0, 0.05) is 27.4 Å². The monoisotopic (exact) mass is 786 g/mol. The van der Waals surface area contributed by atoms with Crippen LogP contribution in [0.3, 0.4) is 0 Å². The van der Waals surface area contributed by atoms with Crippen molar-refractivity contribution in [2.75, 3.05) is 10.6 Å². The van der Waals surface area contributed by atoms with Crippen molar-refractivity contribution >= 4 is 109 Å². The van der Waals surface area contributed by atoms with E-state index in [-0.39, 0.29) is 12.8 Å². The predicted molar refractivity (Wildman–Crippen MR) is 140 cm³/mol. The summed E-state index contributed by atoms with van der Waals surface area (Å²) in [5, 5.41) is 14.5. The summed E-state index contributed by atoms with van der Waals surface area (Å²) >= 11 is 5.93. The molecule has 13 heteroatoms. The van der Waals surface area contributed by atoms with Crippen molar-refractivity contribution < 1.29 is 38.6 Å². The van der Waals surface area contributed by atoms with Crippen LogP contribution < -0.4 is 10.6 Å². The minimum atomic E-state index is -1.07. The van der Waals surface area contributed by atoms with Gasteiger partial charge in [-0.2, -0.15) is 0 Å². The third-order valence-corrected chi connectivity index (χ3v) is 7.38. The summed E-state index contributed by atoms with van der Waals surface area (Å²) in [5.41, 5.74) is 1.29. The lowest BCUT2D eigenvalue weighted by molar-refractivity contribution is -0.151. The molecule has 0 spiro atoms. The number of amides is 2. The van der Waals surface area contributed by atoms with Crippen LogP contribution in [0.25, 0.3) is 0 Å². The Bertz CT molecular complexity index is 888. The van der Waals surface area contributed by atoms with Gasteiger partial charge in [-0.05, 0) is 93.6 Å². The van der Waals surface area contributed by atoms with Crippen LogP contribution in [0.1, 0.15) is 39.7 Å². The highest BCUT2D eigenvalue weighted by molar-refractivity contribution is 14.1. The normalized spacial score (nSPS) is 12.3. The molecule has 0 saturated heterocycles. The molecule has 3 N–H and O–H groups in total. The van der Waals surface area contributed by atoms with Gasteiger partial charge in [0.1, 0.15) is 0 Å². The highest BCUT2D eigenvalue weighted by atomic mass is 127. The zero-order valence-electron chi connectivity index (χ0n) is 17.5. The second kappa shape index (κ2) is 12.9. The Morgan fingerprint density at radius 3 is 1.50 bits per heavy atom. The van der Waals surface area contributed by atoms with Gasteiger partial charge in [-0.25, -0.2) is 0 Å². The Balaban J connectivity index is 3.46. The van der Waals surface area contributed by atoms with Gasteiger partial charge in [0.05, 0.1) is 14.9 Å². The van der Waals surface area contributed by atoms with Gasteiger partial charge in [0.2, 0.25) is 0 Å². The summed E-state index contributed by atoms with van der Waals surface area (Å²) in [6.45, 7) is 5.20. The fourth-order valence-electron chi connectivity index (χ4n) is 2.44. The number of carbonyl (C=O) groups is 5. The van der Waals surface area contributed by atoms with Crippen LogP contribution in [0, 0.1) is 10.7 Å². The standard InChI is InChI=1S/C19H21I3N2O8/c1-7(31-9(3)25)18(29)23-16-13(20)11(5-6-12(27)28)14(21)17(15(16)22)24-19(30)8(2)32-10(4)26/h7-8H,5-6H2,1-4H3,(H,23,29)(H,24,30)(H,27,28). The summed E-state index contributed by atoms with van der Waals surface area (Å²) in [6.07, 6.45) is -2.15. The molecule has 1 aromatic carbocycles. The molecule has 1 aromatic rings. The van der Waals surface area contributed by atoms with E-state index < -0.39 is 41.9 Å². The number of esters is 2. The van der Waals surface area contributed by atoms with Gasteiger partial charge in [0.25, 0.3) is 11.8 Å². The minimum Gasteiger partial charge on any atom is -0.481 e. The Hall–Kier alpha value is -1.24. The molecule has 1 rings (SSSR count). The van der Waals surface area contributed by atoms with E-state index in [9.17, 15) is 24.0 Å². The SMILES string of the molecule is CC(=O)OC(C)C(=O)Nc1c(I)c(CCC(=O)O)c(I)c(NC(=O)C(C)OC(C)=O)c1I. The molecule has 0 aromatic heterocycles. The lowest BCUT2D eigenvalue weighted by Crippen LogP contribution is -2.31. The van der Waals surface area contributed by atoms with Crippen molar-refractivity contribution in [3.05, 3.63) is 16.3 Å². The number of carboxylic acid groups (broad SMARTS) is 1. The second-order valence-corrected chi connectivity index (χ2v) is 9.78. The van der Waals surface area contributed by atoms with Crippen molar-refractivity contribution in [2.24, 2.45) is 0 Å². The van der Waals surface area contributed by atoms with E-state index in [1.807, 2.05) is 67.8 Å². The molecule has 0 aliphatic carbocycles. The van der Waals surface area contributed by atoms with Gasteiger partial charge in [-0.3, -0.25) is 24.0 Å². The average molecular weight is 786 g/mol. The summed E-state index contributed by atoms with van der Waals surface area (Å²) < 4.78 is 11.5. The minimum absolute atomic E-state index is 0.146. The Kier molecular flexibility index (Phi) is 11.6. The smallest absolute Gasteiger partial charge is 0.303 e. The topological polar surface area (TPSA) is 148 Å². The maximum absolute atomic E-state index is 12.5. The number of benzene rings is 1. The second-order valence-electron chi connectivity index (χ2n) is 6.55. The zero-order valence-corrected chi connectivity index (χ0v) is 24.0. The van der Waals surface area contributed by atoms with E-state index in [4.69, 9.17) is 14.6 Å². The molecule has 0 aliphatic rings. The molecule has 0 saturated carbocycles. The summed E-state index contributed by atoms with van der Waals surface area (Å²) in [5.74, 6) is -3.42. The Morgan fingerprint density at radius 2 is 1.19 bits per heavy atom. The first-order chi connectivity index (χ1) is 14.8. The number of hydrogen-bond donors (Lipinski definition) is 3. The molecule has 0 fully saturated rings. The van der Waals surface area contributed by atoms with Crippen LogP contribution in [0.4, 0.5) is 11.4 Å². The van der Waals surface area contributed by atoms with Crippen molar-refractivity contribution in [3.63, 3.8) is 0 Å². The van der Waals surface area contributed by atoms with E-state index >= 15 is 0 Å². The van der Waals surface area contributed by atoms with E-state index in [0.29, 0.717) is 27.6 Å². The lowest BCUT2D eigenvalue weighted by atomic mass is 10.1. The largest absolute Gasteiger partial charge is 0.481 e. The number of anilines is 2. The van der Waals surface area contributed by atoms with E-state index in [1.165, 1.54) is 27.7 Å². The highest BCUT2D eigenvalue weighted by Gasteiger charge is 2.26. The first-order valence-corrected chi connectivity index (χ1v) is 12.4. The molecule has 176 valence electrons. The quantitative estimate of drug-likeness (QED) is 0.256. The van der Waals surface area contributed by atoms with Gasteiger partial charge in [0.15, 0.2) is 12.2 Å². The molecule has 10 nitrogen and oxygen atoms in total. The number of carbonyl (C=O) groups excluding carboxylic acids is 4. The molecule has 2 atom stereocenters. The molecular formula is C19H21I3N2O8. The molecule has 0 aliphatic heterocycles. The molecule has 0 bridgehead atoms. The number of ether oxygens (including phenoxy) is 2. The van der Waals surface area contributed by atoms with Crippen molar-refractivity contribution in [2.45, 2.75) is 52.7 Å². The summed E-state index contributed by atoms with van der Waals surface area (Å²) in [7, 11) is 0. The summed E-state index contributed by atoms with van der Waals surface area (Å²) in [4.78, 5) is 58.5. The molecular weight excluding hydrogens is 765 g/mol. The van der Waals surface area contributed by atoms with Crippen LogP contribution in [0.15, 0.2) is 0 Å². The van der Waals surface area contributed by atoms with Gasteiger partial charge >= 0.3 is 17.9 Å². The van der Waals surface area contributed by atoms with Crippen LogP contribution in [0.5, 0.6) is 0 Å². The van der Waals surface area contributed by atoms with Crippen LogP contribution in [-0.2, 0) is 39.9 Å². The predicted octanol–water partition coefficient (Wildman–Crippen LogP) is 3.30. The van der Waals surface area contributed by atoms with E-state index in [1.54, 1.807) is 0 Å². The van der Waals surface area contributed by atoms with Crippen molar-refractivity contribution in [1.82, 2.24) is 0 Å². The number of carboxylic acids is 1. The fraction of sp³-hybridized carbons (Fsp3) is 0.421. The van der Waals surface area contributed by atoms with Gasteiger partial charge in [-0.1, -0.05) is 0 Å². The maximum atomic E-state index is 12.5. The molecule has 0 heterocycles. The fourth-order valence-corrected chi connectivity index (χ4v) is 6.69. The molecule has 0 radical (unpaired) electrons. The lowest BCUT2D eigenvalue weighted by Gasteiger charge is -2.22. The number of hydrogen-bond acceptors (Lipinski definition) is 7. The third-order valence-electron chi connectivity index (χ3n) is 3.92. The van der Waals surface area contributed by atoms with Crippen LogP contribution in [0.2, 0.25) is 0 Å². The van der Waals surface area contributed by atoms with Crippen molar-refractivity contribution in [1.29, 1.82) is 0 Å². The van der Waals surface area contributed by atoms with Gasteiger partial charge < -0.3 is 25.2 Å². The first-order valence-electron chi connectivity index (χ1n) is 9.13. The van der Waals surface area contributed by atoms with Gasteiger partial charge in [-0.15, -0.1) is 0 Å². The van der Waals surface area contributed by atoms with E-state index in [2.05, 4.69) is 10.6 Å². The number of aliphatic carboxylic acids is 1. The first kappa shape index (κ1) is 28.8. The number of halogens is 3. The number of nitrogens with one attached hydrogen (secondary N) is 2. The zero-order chi connectivity index (χ0) is 24.7. The van der Waals surface area contributed by atoms with E-state index in [0.717, 1.165) is 0 Å². The van der Waals surface area contributed by atoms with Crippen LogP contribution in [-0.4, -0.2) is 47.0 Å². The average Bonchev–Trinajstić information content (AvgIpc) is 2.66. The Labute approximate surface area is 225 Å². The highest BCUT2D eigenvalue weighted by Crippen LogP contribution is 2.39. The van der Waals surface area contributed by atoms with Crippen LogP contribution >= 0.6 is 67.8 Å². The maximum Gasteiger partial charge on any atom is 0.303 e. The van der Waals surface area contributed by atoms with Crippen molar-refractivity contribution in [3.8, 4) is 0 Å². The molecule has 32 heavy (non-hydrogen) atoms. The summed E-state index contributed by atoms with van der Waals surface area (Å²) in [6, 6.07) is 0. The third kappa shape index (κ3) is 8.27. The Morgan fingerprint density at radius 1 is 0.812 bits per heavy atom. The molecule has 2 amide bonds. The molecule has 2 unspecified atom stereocenters. The number of rotatable bonds is 9.